The van der Waals surface area contributed by atoms with Crippen LogP contribution < -0.4 is 0 Å². The largest absolute Gasteiger partial charge is 0.387 e. The average Bonchev–Trinajstić information content (AvgIpc) is 3.03. The summed E-state index contributed by atoms with van der Waals surface area (Å²) in [6.07, 6.45) is -0.694. The summed E-state index contributed by atoms with van der Waals surface area (Å²) in [5.41, 5.74) is -4.83. The van der Waals surface area contributed by atoms with Crippen LogP contribution in [0.15, 0.2) is 11.6 Å². The lowest BCUT2D eigenvalue weighted by Gasteiger charge is -2.56. The first-order chi connectivity index (χ1) is 15.3. The molecule has 2 aliphatic heterocycles. The number of ketones is 2. The van der Waals surface area contributed by atoms with Gasteiger partial charge in [0.25, 0.3) is 0 Å². The number of Topliss-reactive ketones (excluding diaryl/α,β-unsaturated/α-hetero) is 2. The predicted octanol–water partition coefficient (Wildman–Crippen LogP) is 0.882. The van der Waals surface area contributed by atoms with Crippen LogP contribution in [0.5, 0.6) is 0 Å². The fraction of sp³-hybridized carbons (Fsp3) is 0.840. The van der Waals surface area contributed by atoms with Crippen molar-refractivity contribution in [1.29, 1.82) is 0 Å². The van der Waals surface area contributed by atoms with Crippen molar-refractivity contribution < 1.29 is 39.5 Å². The molecule has 0 aromatic rings. The minimum atomic E-state index is -2.04. The van der Waals surface area contributed by atoms with Crippen molar-refractivity contribution in [3.63, 3.8) is 0 Å². The van der Waals surface area contributed by atoms with Crippen molar-refractivity contribution in [1.82, 2.24) is 0 Å². The van der Waals surface area contributed by atoms with E-state index in [9.17, 15) is 30.0 Å². The molecule has 4 fully saturated rings. The normalized spacial score (nSPS) is 52.9. The van der Waals surface area contributed by atoms with E-state index < -0.39 is 58.5 Å². The molecule has 0 unspecified atom stereocenters. The molecule has 5 aliphatic rings. The van der Waals surface area contributed by atoms with Crippen LogP contribution in [0.4, 0.5) is 0 Å². The summed E-state index contributed by atoms with van der Waals surface area (Å²) >= 11 is 0. The highest BCUT2D eigenvalue weighted by molar-refractivity contribution is 5.89. The summed E-state index contributed by atoms with van der Waals surface area (Å²) < 4.78 is 11.8. The summed E-state index contributed by atoms with van der Waals surface area (Å²) in [5.74, 6) is -1.07. The Morgan fingerprint density at radius 2 is 1.91 bits per heavy atom. The molecule has 10 atom stereocenters. The van der Waals surface area contributed by atoms with Crippen LogP contribution >= 0.6 is 0 Å². The number of aliphatic hydroxyl groups is 4. The van der Waals surface area contributed by atoms with Crippen LogP contribution in [0.25, 0.3) is 0 Å². The Hall–Kier alpha value is -1.16. The van der Waals surface area contributed by atoms with Crippen molar-refractivity contribution >= 4 is 11.6 Å². The third-order valence-electron chi connectivity index (χ3n) is 9.70. The van der Waals surface area contributed by atoms with Crippen LogP contribution in [-0.4, -0.2) is 74.4 Å². The first-order valence-electron chi connectivity index (χ1n) is 12.2. The van der Waals surface area contributed by atoms with Crippen molar-refractivity contribution in [2.24, 2.45) is 28.6 Å². The Kier molecular flexibility index (Phi) is 5.13. The summed E-state index contributed by atoms with van der Waals surface area (Å²) in [7, 11) is 0. The maximum atomic E-state index is 13.9. The summed E-state index contributed by atoms with van der Waals surface area (Å²) in [5, 5.41) is 44.6. The number of hydrogen-bond donors (Lipinski definition) is 4. The fourth-order valence-corrected chi connectivity index (χ4v) is 7.24. The number of carbonyl (C=O) groups excluding carboxylic acids is 2. The van der Waals surface area contributed by atoms with E-state index in [1.807, 2.05) is 27.7 Å². The van der Waals surface area contributed by atoms with E-state index >= 15 is 0 Å². The van der Waals surface area contributed by atoms with Gasteiger partial charge in [-0.25, -0.2) is 0 Å². The first-order valence-corrected chi connectivity index (χ1v) is 12.2. The highest BCUT2D eigenvalue weighted by Crippen LogP contribution is 2.64. The molecule has 8 heteroatoms. The minimum Gasteiger partial charge on any atom is -0.387 e. The zero-order valence-corrected chi connectivity index (χ0v) is 19.8. The molecule has 2 bridgehead atoms. The summed E-state index contributed by atoms with van der Waals surface area (Å²) in [6.45, 7) is 7.29. The number of allylic oxidation sites excluding steroid dienone is 1. The van der Waals surface area contributed by atoms with Gasteiger partial charge in [0.05, 0.1) is 12.7 Å². The molecule has 4 N–H and O–H groups in total. The molecule has 0 amide bonds. The van der Waals surface area contributed by atoms with Crippen LogP contribution in [0.1, 0.15) is 59.8 Å². The van der Waals surface area contributed by atoms with Gasteiger partial charge in [-0.15, -0.1) is 0 Å². The highest BCUT2D eigenvalue weighted by Gasteiger charge is 2.77. The Balaban J connectivity index is 1.52. The van der Waals surface area contributed by atoms with Gasteiger partial charge < -0.3 is 29.9 Å². The molecule has 3 aliphatic carbocycles. The van der Waals surface area contributed by atoms with Gasteiger partial charge in [0.15, 0.2) is 11.9 Å². The third-order valence-corrected chi connectivity index (χ3v) is 9.70. The van der Waals surface area contributed by atoms with E-state index in [0.29, 0.717) is 37.7 Å². The molecular weight excluding hydrogens is 428 g/mol. The quantitative estimate of drug-likeness (QED) is 0.451. The topological polar surface area (TPSA) is 134 Å². The number of rotatable bonds is 4. The molecule has 5 rings (SSSR count). The molecule has 0 aromatic carbocycles. The van der Waals surface area contributed by atoms with Gasteiger partial charge in [0.2, 0.25) is 0 Å². The highest BCUT2D eigenvalue weighted by atomic mass is 16.7. The molecular formula is C25H36O8. The predicted molar refractivity (Wildman–Crippen MR) is 116 cm³/mol. The molecule has 8 nitrogen and oxygen atoms in total. The van der Waals surface area contributed by atoms with Crippen molar-refractivity contribution in [2.45, 2.75) is 95.6 Å². The van der Waals surface area contributed by atoms with E-state index in [1.165, 1.54) is 0 Å². The van der Waals surface area contributed by atoms with Gasteiger partial charge in [-0.1, -0.05) is 33.8 Å². The molecule has 0 radical (unpaired) electrons. The number of aliphatic hydroxyl groups excluding tert-OH is 2. The Labute approximate surface area is 194 Å². The molecule has 2 saturated carbocycles. The van der Waals surface area contributed by atoms with Crippen LogP contribution in [0.3, 0.4) is 0 Å². The van der Waals surface area contributed by atoms with Crippen molar-refractivity contribution in [3.8, 4) is 0 Å². The molecule has 0 aromatic heterocycles. The Morgan fingerprint density at radius 1 is 1.21 bits per heavy atom. The standard InChI is InChI=1S/C25H36O8/c1-12(2)15(26)7-8-22(3)9-10-23(4)14(18(22)28)6-5-13-16-19(23)33-21-25(16,31)20(29)24(30,11-32-21)17(13)27/h5,12,14,16-17,19-21,27,29-31H,6-11H2,1-4H3/t14-,16-,17+,19+,20+,21-,22-,23-,24-,25+/m1/s1. The zero-order chi connectivity index (χ0) is 24.1. The number of fused-ring (bicyclic) bond motifs is 3. The van der Waals surface area contributed by atoms with Gasteiger partial charge in [0.1, 0.15) is 29.4 Å². The molecule has 184 valence electrons. The van der Waals surface area contributed by atoms with Crippen LogP contribution in [0.2, 0.25) is 0 Å². The minimum absolute atomic E-state index is 0.0676. The Bertz CT molecular complexity index is 914. The second-order valence-electron chi connectivity index (χ2n) is 11.9. The van der Waals surface area contributed by atoms with Gasteiger partial charge in [0, 0.05) is 35.0 Å². The monoisotopic (exact) mass is 464 g/mol. The van der Waals surface area contributed by atoms with Gasteiger partial charge >= 0.3 is 0 Å². The summed E-state index contributed by atoms with van der Waals surface area (Å²) in [6, 6.07) is 0. The second kappa shape index (κ2) is 7.18. The molecule has 2 saturated heterocycles. The van der Waals surface area contributed by atoms with Crippen molar-refractivity contribution in [2.75, 3.05) is 6.61 Å². The maximum absolute atomic E-state index is 13.9. The molecule has 0 spiro atoms. The number of ether oxygens (including phenoxy) is 2. The van der Waals surface area contributed by atoms with E-state index in [-0.39, 0.29) is 24.1 Å². The van der Waals surface area contributed by atoms with Gasteiger partial charge in [-0.05, 0) is 31.3 Å². The van der Waals surface area contributed by atoms with E-state index in [0.717, 1.165) is 0 Å². The molecule has 2 heterocycles. The fourth-order valence-electron chi connectivity index (χ4n) is 7.24. The van der Waals surface area contributed by atoms with Crippen molar-refractivity contribution in [3.05, 3.63) is 11.6 Å². The van der Waals surface area contributed by atoms with Gasteiger partial charge in [-0.3, -0.25) is 9.59 Å². The number of carbonyl (C=O) groups is 2. The third kappa shape index (κ3) is 2.85. The zero-order valence-electron chi connectivity index (χ0n) is 19.8. The first kappa shape index (κ1) is 23.6. The summed E-state index contributed by atoms with van der Waals surface area (Å²) in [4.78, 5) is 26.2. The van der Waals surface area contributed by atoms with Gasteiger partial charge in [-0.2, -0.15) is 0 Å². The van der Waals surface area contributed by atoms with E-state index in [4.69, 9.17) is 9.47 Å². The van der Waals surface area contributed by atoms with E-state index in [1.54, 1.807) is 6.08 Å². The van der Waals surface area contributed by atoms with Crippen LogP contribution in [0, 0.1) is 28.6 Å². The lowest BCUT2D eigenvalue weighted by molar-refractivity contribution is -0.341. The number of hydrogen-bond acceptors (Lipinski definition) is 8. The van der Waals surface area contributed by atoms with E-state index in [2.05, 4.69) is 0 Å². The SMILES string of the molecule is CC(C)C(=O)CC[C@]1(C)CC[C@]2(C)[C@H](CC=C3[C@@H]4[C@@H]2O[C@H]2OC[C@@](O)([C@H]3O)[C@H](O)[C@]24O)C1=O. The molecule has 33 heavy (non-hydrogen) atoms. The lowest BCUT2D eigenvalue weighted by atomic mass is 9.52. The maximum Gasteiger partial charge on any atom is 0.190 e. The average molecular weight is 465 g/mol. The smallest absolute Gasteiger partial charge is 0.190 e. The lowest BCUT2D eigenvalue weighted by Crippen LogP contribution is -2.77. The second-order valence-corrected chi connectivity index (χ2v) is 11.9. The van der Waals surface area contributed by atoms with Crippen LogP contribution in [-0.2, 0) is 19.1 Å². The Morgan fingerprint density at radius 3 is 2.58 bits per heavy atom.